The van der Waals surface area contributed by atoms with Crippen LogP contribution in [0.2, 0.25) is 0 Å². The van der Waals surface area contributed by atoms with Crippen molar-refractivity contribution in [3.63, 3.8) is 0 Å². The Kier molecular flexibility index (Phi) is 2.17. The Balaban J connectivity index is 2.33. The van der Waals surface area contributed by atoms with Crippen LogP contribution in [-0.2, 0) is 4.79 Å². The second kappa shape index (κ2) is 3.49. The molecule has 6 heteroatoms. The Morgan fingerprint density at radius 2 is 2.27 bits per heavy atom. The summed E-state index contributed by atoms with van der Waals surface area (Å²) in [4.78, 5) is 24.8. The summed E-state index contributed by atoms with van der Waals surface area (Å²) in [5.74, 6) is 0.195. The molecule has 0 atom stereocenters. The molecule has 0 spiro atoms. The van der Waals surface area contributed by atoms with E-state index < -0.39 is 4.92 Å². The number of nitrogens with one attached hydrogen (secondary N) is 1. The van der Waals surface area contributed by atoms with Gasteiger partial charge in [-0.15, -0.1) is 0 Å². The van der Waals surface area contributed by atoms with Crippen LogP contribution < -0.4 is 5.32 Å². The molecular formula is C9H7N3O3. The van der Waals surface area contributed by atoms with Gasteiger partial charge in [0.05, 0.1) is 4.92 Å². The topological polar surface area (TPSA) is 84.6 Å². The average Bonchev–Trinajstić information content (AvgIpc) is 2.65. The number of nitro benzene ring substituents is 1. The van der Waals surface area contributed by atoms with Gasteiger partial charge in [-0.1, -0.05) is 12.1 Å². The molecule has 76 valence electrons. The molecule has 0 radical (unpaired) electrons. The zero-order chi connectivity index (χ0) is 10.8. The molecule has 0 aromatic heterocycles. The standard InChI is InChI=1S/C9H7N3O3/c13-8-5-10-9(11-8)6-2-1-3-7(4-6)12(14)15/h1-4H,5H2,(H,10,11,13). The first-order chi connectivity index (χ1) is 7.16. The Morgan fingerprint density at radius 3 is 2.87 bits per heavy atom. The number of nitro groups is 1. The lowest BCUT2D eigenvalue weighted by Gasteiger charge is -2.00. The zero-order valence-electron chi connectivity index (χ0n) is 7.64. The predicted molar refractivity (Wildman–Crippen MR) is 52.6 cm³/mol. The maximum atomic E-state index is 10.9. The quantitative estimate of drug-likeness (QED) is 0.562. The van der Waals surface area contributed by atoms with E-state index in [4.69, 9.17) is 0 Å². The highest BCUT2D eigenvalue weighted by atomic mass is 16.6. The van der Waals surface area contributed by atoms with Gasteiger partial charge in [-0.05, 0) is 0 Å². The van der Waals surface area contributed by atoms with Crippen LogP contribution in [0.4, 0.5) is 5.69 Å². The number of rotatable bonds is 2. The Morgan fingerprint density at radius 1 is 1.47 bits per heavy atom. The summed E-state index contributed by atoms with van der Waals surface area (Å²) in [6.07, 6.45) is 0. The van der Waals surface area contributed by atoms with Crippen molar-refractivity contribution >= 4 is 17.4 Å². The number of carbonyl (C=O) groups is 1. The van der Waals surface area contributed by atoms with Gasteiger partial charge in [0, 0.05) is 17.7 Å². The lowest BCUT2D eigenvalue weighted by Crippen LogP contribution is -2.25. The molecule has 6 nitrogen and oxygen atoms in total. The molecule has 1 amide bonds. The summed E-state index contributed by atoms with van der Waals surface area (Å²) in [5.41, 5.74) is 0.534. The smallest absolute Gasteiger partial charge is 0.270 e. The largest absolute Gasteiger partial charge is 0.309 e. The van der Waals surface area contributed by atoms with E-state index in [2.05, 4.69) is 10.3 Å². The SMILES string of the molecule is O=C1CN=C(c2cccc([N+](=O)[O-])c2)N1. The number of amidine groups is 1. The Labute approximate surface area is 84.8 Å². The van der Waals surface area contributed by atoms with E-state index in [1.165, 1.54) is 12.1 Å². The summed E-state index contributed by atoms with van der Waals surface area (Å²) in [5, 5.41) is 13.0. The summed E-state index contributed by atoms with van der Waals surface area (Å²) < 4.78 is 0. The minimum absolute atomic E-state index is 0.0173. The molecule has 0 saturated carbocycles. The molecule has 0 saturated heterocycles. The fourth-order valence-electron chi connectivity index (χ4n) is 1.29. The van der Waals surface area contributed by atoms with Gasteiger partial charge in [0.2, 0.25) is 5.91 Å². The van der Waals surface area contributed by atoms with Crippen molar-refractivity contribution in [3.05, 3.63) is 39.9 Å². The van der Waals surface area contributed by atoms with E-state index in [0.29, 0.717) is 11.4 Å². The summed E-state index contributed by atoms with van der Waals surface area (Å²) >= 11 is 0. The van der Waals surface area contributed by atoms with E-state index in [0.717, 1.165) is 0 Å². The fourth-order valence-corrected chi connectivity index (χ4v) is 1.29. The summed E-state index contributed by atoms with van der Waals surface area (Å²) in [7, 11) is 0. The van der Waals surface area contributed by atoms with Crippen molar-refractivity contribution in [2.75, 3.05) is 6.54 Å². The van der Waals surface area contributed by atoms with Crippen molar-refractivity contribution in [1.82, 2.24) is 5.32 Å². The molecule has 0 unspecified atom stereocenters. The van der Waals surface area contributed by atoms with E-state index in [9.17, 15) is 14.9 Å². The van der Waals surface area contributed by atoms with Crippen LogP contribution in [0.5, 0.6) is 0 Å². The van der Waals surface area contributed by atoms with Crippen molar-refractivity contribution in [2.45, 2.75) is 0 Å². The third-order valence-electron chi connectivity index (χ3n) is 1.97. The molecule has 2 rings (SSSR count). The molecule has 1 aromatic rings. The third kappa shape index (κ3) is 1.83. The first-order valence-corrected chi connectivity index (χ1v) is 4.26. The van der Waals surface area contributed by atoms with Gasteiger partial charge >= 0.3 is 0 Å². The molecule has 1 aromatic carbocycles. The number of hydrogen-bond acceptors (Lipinski definition) is 4. The lowest BCUT2D eigenvalue weighted by molar-refractivity contribution is -0.384. The van der Waals surface area contributed by atoms with Gasteiger partial charge in [-0.2, -0.15) is 0 Å². The molecule has 15 heavy (non-hydrogen) atoms. The second-order valence-corrected chi connectivity index (χ2v) is 3.02. The highest BCUT2D eigenvalue weighted by Crippen LogP contribution is 2.14. The van der Waals surface area contributed by atoms with Crippen LogP contribution in [0.3, 0.4) is 0 Å². The monoisotopic (exact) mass is 205 g/mol. The van der Waals surface area contributed by atoms with Crippen LogP contribution in [-0.4, -0.2) is 23.2 Å². The van der Waals surface area contributed by atoms with Crippen molar-refractivity contribution in [2.24, 2.45) is 4.99 Å². The second-order valence-electron chi connectivity index (χ2n) is 3.02. The van der Waals surface area contributed by atoms with E-state index in [-0.39, 0.29) is 18.1 Å². The van der Waals surface area contributed by atoms with Gasteiger partial charge in [0.1, 0.15) is 12.4 Å². The van der Waals surface area contributed by atoms with Gasteiger partial charge < -0.3 is 5.32 Å². The third-order valence-corrected chi connectivity index (χ3v) is 1.97. The number of aliphatic imine (C=N–C) groups is 1. The maximum Gasteiger partial charge on any atom is 0.270 e. The fraction of sp³-hybridized carbons (Fsp3) is 0.111. The maximum absolute atomic E-state index is 10.9. The van der Waals surface area contributed by atoms with Crippen LogP contribution >= 0.6 is 0 Å². The highest BCUT2D eigenvalue weighted by molar-refractivity contribution is 6.12. The molecule has 1 aliphatic rings. The normalized spacial score (nSPS) is 14.7. The van der Waals surface area contributed by atoms with Gasteiger partial charge in [0.25, 0.3) is 5.69 Å². The van der Waals surface area contributed by atoms with Gasteiger partial charge in [-0.25, -0.2) is 0 Å². The minimum atomic E-state index is -0.485. The molecular weight excluding hydrogens is 198 g/mol. The Hall–Kier alpha value is -2.24. The van der Waals surface area contributed by atoms with Crippen molar-refractivity contribution < 1.29 is 9.72 Å². The first-order valence-electron chi connectivity index (χ1n) is 4.26. The summed E-state index contributed by atoms with van der Waals surface area (Å²) in [6.45, 7) is 0.0814. The number of nitrogens with zero attached hydrogens (tertiary/aromatic N) is 2. The van der Waals surface area contributed by atoms with Crippen LogP contribution in [0.25, 0.3) is 0 Å². The number of non-ortho nitro benzene ring substituents is 1. The van der Waals surface area contributed by atoms with Crippen molar-refractivity contribution in [3.8, 4) is 0 Å². The minimum Gasteiger partial charge on any atom is -0.309 e. The number of benzene rings is 1. The lowest BCUT2D eigenvalue weighted by atomic mass is 10.2. The molecule has 0 fully saturated rings. The van der Waals surface area contributed by atoms with Crippen molar-refractivity contribution in [1.29, 1.82) is 0 Å². The van der Waals surface area contributed by atoms with Crippen LogP contribution in [0.15, 0.2) is 29.3 Å². The number of carbonyl (C=O) groups excluding carboxylic acids is 1. The van der Waals surface area contributed by atoms with E-state index in [1.54, 1.807) is 12.1 Å². The van der Waals surface area contributed by atoms with E-state index in [1.807, 2.05) is 0 Å². The molecule has 1 heterocycles. The first kappa shape index (κ1) is 9.32. The Bertz CT molecular complexity index is 467. The molecule has 0 aliphatic carbocycles. The molecule has 1 N–H and O–H groups in total. The highest BCUT2D eigenvalue weighted by Gasteiger charge is 2.16. The number of hydrogen-bond donors (Lipinski definition) is 1. The van der Waals surface area contributed by atoms with E-state index >= 15 is 0 Å². The molecule has 0 bridgehead atoms. The predicted octanol–water partition coefficient (Wildman–Crippen LogP) is 0.471. The van der Waals surface area contributed by atoms with Gasteiger partial charge in [0.15, 0.2) is 0 Å². The van der Waals surface area contributed by atoms with Crippen LogP contribution in [0, 0.1) is 10.1 Å². The zero-order valence-corrected chi connectivity index (χ0v) is 7.64. The molecule has 1 aliphatic heterocycles. The number of amides is 1. The average molecular weight is 205 g/mol. The van der Waals surface area contributed by atoms with Crippen LogP contribution in [0.1, 0.15) is 5.56 Å². The summed E-state index contributed by atoms with van der Waals surface area (Å²) in [6, 6.07) is 5.99. The van der Waals surface area contributed by atoms with Gasteiger partial charge in [-0.3, -0.25) is 19.9 Å².